The molecule has 13 heavy (non-hydrogen) atoms. The van der Waals surface area contributed by atoms with Crippen LogP contribution in [0.2, 0.25) is 0 Å². The molecule has 1 rings (SSSR count). The number of nitrogens with one attached hydrogen (secondary N) is 1. The van der Waals surface area contributed by atoms with Crippen LogP contribution >= 0.6 is 0 Å². The lowest BCUT2D eigenvalue weighted by atomic mass is 10.1. The summed E-state index contributed by atoms with van der Waals surface area (Å²) in [5, 5.41) is 11.7. The molecule has 1 aliphatic carbocycles. The minimum absolute atomic E-state index is 0.0413. The lowest BCUT2D eigenvalue weighted by molar-refractivity contribution is -0.126. The molecule has 0 spiro atoms. The van der Waals surface area contributed by atoms with Gasteiger partial charge < -0.3 is 10.4 Å². The summed E-state index contributed by atoms with van der Waals surface area (Å²) in [5.41, 5.74) is 0. The summed E-state index contributed by atoms with van der Waals surface area (Å²) < 4.78 is 0. The van der Waals surface area contributed by atoms with Gasteiger partial charge in [-0.2, -0.15) is 0 Å². The molecule has 0 radical (unpaired) electrons. The van der Waals surface area contributed by atoms with Crippen LogP contribution < -0.4 is 5.32 Å². The zero-order valence-corrected chi connectivity index (χ0v) is 8.42. The van der Waals surface area contributed by atoms with E-state index >= 15 is 0 Å². The van der Waals surface area contributed by atoms with Crippen LogP contribution in [0, 0.1) is 11.8 Å². The average Bonchev–Trinajstić information content (AvgIpc) is 2.95. The normalized spacial score (nSPS) is 20.8. The molecule has 0 heterocycles. The van der Waals surface area contributed by atoms with Gasteiger partial charge in [-0.05, 0) is 25.2 Å². The summed E-state index contributed by atoms with van der Waals surface area (Å²) in [6.07, 6.45) is 3.16. The fourth-order valence-electron chi connectivity index (χ4n) is 1.42. The Morgan fingerprint density at radius 2 is 2.23 bits per heavy atom. The predicted molar refractivity (Wildman–Crippen MR) is 51.2 cm³/mol. The highest BCUT2D eigenvalue weighted by Crippen LogP contribution is 2.36. The van der Waals surface area contributed by atoms with Crippen LogP contribution in [0.15, 0.2) is 0 Å². The van der Waals surface area contributed by atoms with Crippen molar-refractivity contribution in [1.29, 1.82) is 0 Å². The van der Waals surface area contributed by atoms with Crippen LogP contribution in [-0.4, -0.2) is 23.7 Å². The molecule has 1 saturated carbocycles. The highest BCUT2D eigenvalue weighted by molar-refractivity contribution is 5.79. The second-order valence-electron chi connectivity index (χ2n) is 3.92. The van der Waals surface area contributed by atoms with Gasteiger partial charge in [0.1, 0.15) is 0 Å². The van der Waals surface area contributed by atoms with Crippen molar-refractivity contribution in [3.05, 3.63) is 0 Å². The Balaban J connectivity index is 2.29. The van der Waals surface area contributed by atoms with Crippen LogP contribution in [0.1, 0.15) is 33.1 Å². The van der Waals surface area contributed by atoms with Crippen molar-refractivity contribution in [1.82, 2.24) is 5.32 Å². The molecular formula is C10H19NO2. The molecule has 1 fully saturated rings. The van der Waals surface area contributed by atoms with E-state index in [-0.39, 0.29) is 24.5 Å². The highest BCUT2D eigenvalue weighted by Gasteiger charge is 2.32. The Hall–Kier alpha value is -0.570. The molecule has 1 unspecified atom stereocenters. The van der Waals surface area contributed by atoms with Gasteiger partial charge in [-0.1, -0.05) is 13.8 Å². The van der Waals surface area contributed by atoms with Crippen molar-refractivity contribution in [2.24, 2.45) is 11.8 Å². The summed E-state index contributed by atoms with van der Waals surface area (Å²) in [5.74, 6) is 0.820. The Kier molecular flexibility index (Phi) is 3.72. The van der Waals surface area contributed by atoms with Gasteiger partial charge in [-0.3, -0.25) is 4.79 Å². The first-order valence-corrected chi connectivity index (χ1v) is 5.10. The predicted octanol–water partition coefficient (Wildman–Crippen LogP) is 0.920. The minimum Gasteiger partial charge on any atom is -0.394 e. The molecule has 0 aliphatic heterocycles. The van der Waals surface area contributed by atoms with Crippen LogP contribution in [0.3, 0.4) is 0 Å². The third kappa shape index (κ3) is 2.99. The topological polar surface area (TPSA) is 49.3 Å². The maximum Gasteiger partial charge on any atom is 0.223 e. The van der Waals surface area contributed by atoms with Gasteiger partial charge in [0, 0.05) is 5.92 Å². The van der Waals surface area contributed by atoms with E-state index in [0.29, 0.717) is 5.92 Å². The first-order valence-electron chi connectivity index (χ1n) is 5.10. The van der Waals surface area contributed by atoms with Crippen LogP contribution in [0.5, 0.6) is 0 Å². The quantitative estimate of drug-likeness (QED) is 0.669. The summed E-state index contributed by atoms with van der Waals surface area (Å²) >= 11 is 0. The monoisotopic (exact) mass is 185 g/mol. The molecule has 2 N–H and O–H groups in total. The Labute approximate surface area is 79.5 Å². The number of amides is 1. The summed E-state index contributed by atoms with van der Waals surface area (Å²) in [6, 6.07) is -0.0614. The smallest absolute Gasteiger partial charge is 0.223 e. The zero-order valence-electron chi connectivity index (χ0n) is 8.42. The van der Waals surface area contributed by atoms with Gasteiger partial charge >= 0.3 is 0 Å². The summed E-state index contributed by atoms with van der Waals surface area (Å²) in [6.45, 7) is 3.97. The van der Waals surface area contributed by atoms with Crippen molar-refractivity contribution in [2.45, 2.75) is 39.2 Å². The molecule has 2 atom stereocenters. The molecule has 0 aromatic rings. The molecule has 0 aromatic carbocycles. The summed E-state index contributed by atoms with van der Waals surface area (Å²) in [7, 11) is 0. The summed E-state index contributed by atoms with van der Waals surface area (Å²) in [4.78, 5) is 11.5. The molecule has 76 valence electrons. The molecule has 0 saturated heterocycles. The molecule has 0 aromatic heterocycles. The van der Waals surface area contributed by atoms with Crippen LogP contribution in [0.4, 0.5) is 0 Å². The van der Waals surface area contributed by atoms with Crippen molar-refractivity contribution in [3.8, 4) is 0 Å². The maximum atomic E-state index is 11.5. The van der Waals surface area contributed by atoms with E-state index in [2.05, 4.69) is 5.32 Å². The van der Waals surface area contributed by atoms with E-state index in [4.69, 9.17) is 5.11 Å². The van der Waals surface area contributed by atoms with Crippen molar-refractivity contribution < 1.29 is 9.90 Å². The van der Waals surface area contributed by atoms with E-state index in [1.807, 2.05) is 13.8 Å². The van der Waals surface area contributed by atoms with Crippen molar-refractivity contribution in [2.75, 3.05) is 6.61 Å². The standard InChI is InChI=1S/C10H19NO2/c1-3-9(6-12)11-10(13)7(2)8-4-5-8/h7-9,12H,3-6H2,1-2H3,(H,11,13)/t7?,9-/m1/s1. The Morgan fingerprint density at radius 3 is 2.62 bits per heavy atom. The Morgan fingerprint density at radius 1 is 1.62 bits per heavy atom. The third-order valence-corrected chi connectivity index (χ3v) is 2.80. The van der Waals surface area contributed by atoms with Gasteiger partial charge in [0.2, 0.25) is 5.91 Å². The number of carbonyl (C=O) groups is 1. The van der Waals surface area contributed by atoms with Crippen molar-refractivity contribution >= 4 is 5.91 Å². The van der Waals surface area contributed by atoms with E-state index in [0.717, 1.165) is 6.42 Å². The van der Waals surface area contributed by atoms with Crippen LogP contribution in [-0.2, 0) is 4.79 Å². The SMILES string of the molecule is CC[C@H](CO)NC(=O)C(C)C1CC1. The number of aliphatic hydroxyl groups excluding tert-OH is 1. The molecule has 1 aliphatic rings. The van der Waals surface area contributed by atoms with E-state index in [1.165, 1.54) is 12.8 Å². The number of hydrogen-bond donors (Lipinski definition) is 2. The maximum absolute atomic E-state index is 11.5. The third-order valence-electron chi connectivity index (χ3n) is 2.80. The van der Waals surface area contributed by atoms with Gasteiger partial charge in [-0.25, -0.2) is 0 Å². The second-order valence-corrected chi connectivity index (χ2v) is 3.92. The number of rotatable bonds is 5. The van der Waals surface area contributed by atoms with E-state index in [1.54, 1.807) is 0 Å². The second kappa shape index (κ2) is 4.61. The highest BCUT2D eigenvalue weighted by atomic mass is 16.3. The largest absolute Gasteiger partial charge is 0.394 e. The van der Waals surface area contributed by atoms with Gasteiger partial charge in [-0.15, -0.1) is 0 Å². The number of hydrogen-bond acceptors (Lipinski definition) is 2. The molecular weight excluding hydrogens is 166 g/mol. The van der Waals surface area contributed by atoms with E-state index in [9.17, 15) is 4.79 Å². The lowest BCUT2D eigenvalue weighted by Gasteiger charge is -2.17. The van der Waals surface area contributed by atoms with Crippen LogP contribution in [0.25, 0.3) is 0 Å². The molecule has 3 nitrogen and oxygen atoms in total. The average molecular weight is 185 g/mol. The Bertz CT molecular complexity index is 174. The zero-order chi connectivity index (χ0) is 9.84. The van der Waals surface area contributed by atoms with Gasteiger partial charge in [0.05, 0.1) is 12.6 Å². The fourth-order valence-corrected chi connectivity index (χ4v) is 1.42. The minimum atomic E-state index is -0.0614. The molecule has 1 amide bonds. The molecule has 0 bridgehead atoms. The number of aliphatic hydroxyl groups is 1. The van der Waals surface area contributed by atoms with Crippen molar-refractivity contribution in [3.63, 3.8) is 0 Å². The van der Waals surface area contributed by atoms with E-state index < -0.39 is 0 Å². The van der Waals surface area contributed by atoms with Gasteiger partial charge in [0.15, 0.2) is 0 Å². The molecule has 3 heteroatoms. The number of carbonyl (C=O) groups excluding carboxylic acids is 1. The van der Waals surface area contributed by atoms with Gasteiger partial charge in [0.25, 0.3) is 0 Å². The first kappa shape index (κ1) is 10.5. The lowest BCUT2D eigenvalue weighted by Crippen LogP contribution is -2.40. The fraction of sp³-hybridized carbons (Fsp3) is 0.900. The first-order chi connectivity index (χ1) is 6.19.